The average molecular weight is 452 g/mol. The number of aromatic nitrogens is 1. The first-order valence-electron chi connectivity index (χ1n) is 9.20. The maximum atomic E-state index is 12.6. The highest BCUT2D eigenvalue weighted by molar-refractivity contribution is 8.14. The molecule has 1 aromatic carbocycles. The average Bonchev–Trinajstić information content (AvgIpc) is 2.70. The third-order valence-electron chi connectivity index (χ3n) is 3.87. The molecule has 0 atom stereocenters. The molecule has 2 rings (SSSR count). The van der Waals surface area contributed by atoms with Crippen LogP contribution in [0.5, 0.6) is 5.75 Å². The van der Waals surface area contributed by atoms with E-state index in [0.29, 0.717) is 17.9 Å². The molecule has 0 aliphatic rings. The van der Waals surface area contributed by atoms with Crippen molar-refractivity contribution < 1.29 is 22.7 Å². The van der Waals surface area contributed by atoms with Crippen LogP contribution in [0, 0.1) is 0 Å². The second-order valence-corrected chi connectivity index (χ2v) is 9.56. The van der Waals surface area contributed by atoms with E-state index in [1.165, 1.54) is 37.4 Å². The van der Waals surface area contributed by atoms with E-state index < -0.39 is 10.0 Å². The largest absolute Gasteiger partial charge is 0.494 e. The summed E-state index contributed by atoms with van der Waals surface area (Å²) in [6, 6.07) is 9.11. The number of carbonyl (C=O) groups is 2. The quantitative estimate of drug-likeness (QED) is 0.411. The number of ketones is 1. The number of sulfonamides is 1. The second kappa shape index (κ2) is 11.1. The van der Waals surface area contributed by atoms with Gasteiger partial charge in [-0.25, -0.2) is 13.4 Å². The highest BCUT2D eigenvalue weighted by Crippen LogP contribution is 2.20. The maximum absolute atomic E-state index is 12.6. The number of nitrogens with one attached hydrogen (secondary N) is 1. The number of hydrogen-bond acceptors (Lipinski definition) is 8. The molecule has 1 aromatic heterocycles. The van der Waals surface area contributed by atoms with E-state index in [1.807, 2.05) is 19.0 Å². The van der Waals surface area contributed by atoms with Gasteiger partial charge in [0.25, 0.3) is 10.0 Å². The van der Waals surface area contributed by atoms with Crippen molar-refractivity contribution in [3.63, 3.8) is 0 Å². The van der Waals surface area contributed by atoms with Gasteiger partial charge in [0, 0.05) is 31.3 Å². The molecule has 1 heterocycles. The van der Waals surface area contributed by atoms with Gasteiger partial charge in [0.05, 0.1) is 17.3 Å². The molecule has 0 saturated heterocycles. The lowest BCUT2D eigenvalue weighted by Gasteiger charge is -2.12. The Morgan fingerprint density at radius 2 is 1.97 bits per heavy atom. The zero-order chi connectivity index (χ0) is 22.1. The standard InChI is InChI=1S/C20H25N3O5S2/c1-15(24)29-14-19(25)16-8-9-20(21-13-16)22-30(26,27)18-7-4-6-17(12-18)28-11-5-10-23(2)3/h4,6-9,12-13H,5,10-11,14H2,1-3H3,(H,21,22). The van der Waals surface area contributed by atoms with Crippen LogP contribution >= 0.6 is 11.8 Å². The summed E-state index contributed by atoms with van der Waals surface area (Å²) in [5, 5.41) is -0.149. The fraction of sp³-hybridized carbons (Fsp3) is 0.350. The number of rotatable bonds is 11. The molecule has 0 aliphatic carbocycles. The van der Waals surface area contributed by atoms with Crippen molar-refractivity contribution in [3.05, 3.63) is 48.2 Å². The van der Waals surface area contributed by atoms with E-state index >= 15 is 0 Å². The molecular formula is C20H25N3O5S2. The predicted molar refractivity (Wildman–Crippen MR) is 118 cm³/mol. The first kappa shape index (κ1) is 23.8. The summed E-state index contributed by atoms with van der Waals surface area (Å²) >= 11 is 0.913. The van der Waals surface area contributed by atoms with Crippen molar-refractivity contribution in [1.82, 2.24) is 9.88 Å². The Morgan fingerprint density at radius 1 is 1.20 bits per heavy atom. The van der Waals surface area contributed by atoms with Crippen LogP contribution in [0.25, 0.3) is 0 Å². The lowest BCUT2D eigenvalue weighted by atomic mass is 10.2. The van der Waals surface area contributed by atoms with Gasteiger partial charge in [-0.1, -0.05) is 17.8 Å². The molecule has 8 nitrogen and oxygen atoms in total. The fourth-order valence-electron chi connectivity index (χ4n) is 2.37. The summed E-state index contributed by atoms with van der Waals surface area (Å²) in [6.45, 7) is 2.74. The van der Waals surface area contributed by atoms with Crippen LogP contribution in [0.15, 0.2) is 47.5 Å². The molecule has 1 N–H and O–H groups in total. The molecular weight excluding hydrogens is 426 g/mol. The Balaban J connectivity index is 2.01. The molecule has 162 valence electrons. The number of hydrogen-bond donors (Lipinski definition) is 1. The SMILES string of the molecule is CC(=O)SCC(=O)c1ccc(NS(=O)(=O)c2cccc(OCCCN(C)C)c2)nc1. The molecule has 0 amide bonds. The van der Waals surface area contributed by atoms with Gasteiger partial charge in [0.2, 0.25) is 0 Å². The van der Waals surface area contributed by atoms with Gasteiger partial charge in [-0.3, -0.25) is 14.3 Å². The Hall–Kier alpha value is -2.43. The Morgan fingerprint density at radius 3 is 2.60 bits per heavy atom. The van der Waals surface area contributed by atoms with Gasteiger partial charge in [0.1, 0.15) is 11.6 Å². The number of nitrogens with zero attached hydrogens (tertiary/aromatic N) is 2. The molecule has 10 heteroatoms. The number of pyridine rings is 1. The first-order chi connectivity index (χ1) is 14.2. The van der Waals surface area contributed by atoms with Crippen molar-refractivity contribution >= 4 is 38.5 Å². The summed E-state index contributed by atoms with van der Waals surface area (Å²) in [5.74, 6) is 0.316. The summed E-state index contributed by atoms with van der Waals surface area (Å²) in [4.78, 5) is 29.0. The van der Waals surface area contributed by atoms with Crippen molar-refractivity contribution in [2.24, 2.45) is 0 Å². The molecule has 30 heavy (non-hydrogen) atoms. The van der Waals surface area contributed by atoms with Crippen molar-refractivity contribution in [1.29, 1.82) is 0 Å². The third kappa shape index (κ3) is 7.77. The van der Waals surface area contributed by atoms with Crippen LogP contribution in [0.1, 0.15) is 23.7 Å². The van der Waals surface area contributed by atoms with Crippen LogP contribution < -0.4 is 9.46 Å². The van der Waals surface area contributed by atoms with Crippen molar-refractivity contribution in [2.45, 2.75) is 18.2 Å². The van der Waals surface area contributed by atoms with Crippen molar-refractivity contribution in [2.75, 3.05) is 37.7 Å². The van der Waals surface area contributed by atoms with E-state index in [2.05, 4.69) is 9.71 Å². The number of thioether (sulfide) groups is 1. The van der Waals surface area contributed by atoms with E-state index in [-0.39, 0.29) is 27.4 Å². The molecule has 0 fully saturated rings. The van der Waals surface area contributed by atoms with E-state index in [0.717, 1.165) is 24.7 Å². The molecule has 2 aromatic rings. The lowest BCUT2D eigenvalue weighted by Crippen LogP contribution is -2.16. The van der Waals surface area contributed by atoms with Crippen LogP contribution in [0.2, 0.25) is 0 Å². The Labute approximate surface area is 181 Å². The number of benzene rings is 1. The second-order valence-electron chi connectivity index (χ2n) is 6.72. The van der Waals surface area contributed by atoms with E-state index in [9.17, 15) is 18.0 Å². The molecule has 0 aliphatic heterocycles. The highest BCUT2D eigenvalue weighted by atomic mass is 32.2. The summed E-state index contributed by atoms with van der Waals surface area (Å²) < 4.78 is 33.3. The number of anilines is 1. The van der Waals surface area contributed by atoms with Gasteiger partial charge in [-0.15, -0.1) is 0 Å². The van der Waals surface area contributed by atoms with Crippen molar-refractivity contribution in [3.8, 4) is 5.75 Å². The first-order valence-corrected chi connectivity index (χ1v) is 11.7. The van der Waals surface area contributed by atoms with Gasteiger partial charge < -0.3 is 9.64 Å². The maximum Gasteiger partial charge on any atom is 0.263 e. The van der Waals surface area contributed by atoms with Gasteiger partial charge in [-0.2, -0.15) is 0 Å². The topological polar surface area (TPSA) is 106 Å². The molecule has 0 saturated carbocycles. The zero-order valence-electron chi connectivity index (χ0n) is 17.1. The third-order valence-corrected chi connectivity index (χ3v) is 6.03. The summed E-state index contributed by atoms with van der Waals surface area (Å²) in [5.41, 5.74) is 0.305. The molecule has 0 spiro atoms. The Bertz CT molecular complexity index is 976. The minimum absolute atomic E-state index is 0.0173. The zero-order valence-corrected chi connectivity index (χ0v) is 18.8. The lowest BCUT2D eigenvalue weighted by molar-refractivity contribution is -0.109. The smallest absolute Gasteiger partial charge is 0.263 e. The molecule has 0 bridgehead atoms. The van der Waals surface area contributed by atoms with Crippen LogP contribution in [0.4, 0.5) is 5.82 Å². The van der Waals surface area contributed by atoms with E-state index in [1.54, 1.807) is 12.1 Å². The van der Waals surface area contributed by atoms with E-state index in [4.69, 9.17) is 4.74 Å². The Kier molecular flexibility index (Phi) is 8.82. The monoisotopic (exact) mass is 451 g/mol. The van der Waals surface area contributed by atoms with Crippen LogP contribution in [0.3, 0.4) is 0 Å². The number of ether oxygens (including phenoxy) is 1. The summed E-state index contributed by atoms with van der Waals surface area (Å²) in [7, 11) is 0.0765. The van der Waals surface area contributed by atoms with Gasteiger partial charge in [-0.05, 0) is 44.8 Å². The minimum Gasteiger partial charge on any atom is -0.494 e. The predicted octanol–water partition coefficient (Wildman–Crippen LogP) is 2.68. The highest BCUT2D eigenvalue weighted by Gasteiger charge is 2.16. The summed E-state index contributed by atoms with van der Waals surface area (Å²) in [6.07, 6.45) is 2.10. The molecule has 0 radical (unpaired) electrons. The fourth-order valence-corrected chi connectivity index (χ4v) is 3.91. The normalized spacial score (nSPS) is 11.3. The van der Waals surface area contributed by atoms with Crippen LogP contribution in [-0.2, 0) is 14.8 Å². The van der Waals surface area contributed by atoms with Gasteiger partial charge >= 0.3 is 0 Å². The number of carbonyl (C=O) groups excluding carboxylic acids is 2. The number of Topliss-reactive ketones (excluding diaryl/α,β-unsaturated/α-hetero) is 1. The van der Waals surface area contributed by atoms with Crippen LogP contribution in [-0.4, -0.2) is 62.2 Å². The minimum atomic E-state index is -3.87. The molecule has 0 unspecified atom stereocenters. The van der Waals surface area contributed by atoms with Gasteiger partial charge in [0.15, 0.2) is 10.9 Å².